The molecule has 3 aliphatic rings. The molecule has 0 aromatic heterocycles. The zero-order chi connectivity index (χ0) is 16.3. The minimum absolute atomic E-state index is 0.702. The van der Waals surface area contributed by atoms with Gasteiger partial charge in [0.2, 0.25) is 0 Å². The molecule has 23 heavy (non-hydrogen) atoms. The predicted octanol–water partition coefficient (Wildman–Crippen LogP) is 3.30. The average molecular weight is 322 g/mol. The van der Waals surface area contributed by atoms with Gasteiger partial charge in [0.25, 0.3) is 0 Å². The Bertz CT molecular complexity index is 342. The van der Waals surface area contributed by atoms with E-state index in [1.807, 2.05) is 0 Å². The first kappa shape index (κ1) is 17.7. The molecule has 0 radical (unpaired) electrons. The lowest BCUT2D eigenvalue weighted by Gasteiger charge is -2.48. The van der Waals surface area contributed by atoms with Gasteiger partial charge in [0.1, 0.15) is 0 Å². The smallest absolute Gasteiger partial charge is 0.00385 e. The van der Waals surface area contributed by atoms with Crippen molar-refractivity contribution in [3.05, 3.63) is 0 Å². The van der Waals surface area contributed by atoms with Gasteiger partial charge in [-0.25, -0.2) is 0 Å². The van der Waals surface area contributed by atoms with Gasteiger partial charge in [-0.2, -0.15) is 0 Å². The number of nitrogens with zero attached hydrogens (tertiary/aromatic N) is 3. The second-order valence-corrected chi connectivity index (χ2v) is 8.81. The van der Waals surface area contributed by atoms with E-state index in [2.05, 4.69) is 35.5 Å². The van der Waals surface area contributed by atoms with E-state index in [0.717, 1.165) is 12.0 Å². The third-order valence-electron chi connectivity index (χ3n) is 7.18. The number of likely N-dealkylation sites (tertiary alicyclic amines) is 3. The van der Waals surface area contributed by atoms with Crippen molar-refractivity contribution in [1.29, 1.82) is 0 Å². The summed E-state index contributed by atoms with van der Waals surface area (Å²) < 4.78 is 0. The summed E-state index contributed by atoms with van der Waals surface area (Å²) in [5.74, 6) is 0.967. The fourth-order valence-corrected chi connectivity index (χ4v) is 5.08. The summed E-state index contributed by atoms with van der Waals surface area (Å²) in [6, 6.07) is 0.737. The van der Waals surface area contributed by atoms with Crippen LogP contribution in [0.25, 0.3) is 0 Å². The molecule has 3 heteroatoms. The van der Waals surface area contributed by atoms with Gasteiger partial charge in [-0.15, -0.1) is 0 Å². The molecule has 0 unspecified atom stereocenters. The standard InChI is InChI=1S/C20H39N3/c1-4-21-11-5-19(6-12-21)17-22-13-7-20(8-14-22)9-15-23(16-10-20)18(2)3/h18-19H,4-17H2,1-3H3. The lowest BCUT2D eigenvalue weighted by Crippen LogP contribution is -2.49. The van der Waals surface area contributed by atoms with Crippen LogP contribution in [0.3, 0.4) is 0 Å². The molecular weight excluding hydrogens is 282 g/mol. The molecule has 3 heterocycles. The Morgan fingerprint density at radius 3 is 1.91 bits per heavy atom. The largest absolute Gasteiger partial charge is 0.304 e. The van der Waals surface area contributed by atoms with Crippen LogP contribution in [0.15, 0.2) is 0 Å². The van der Waals surface area contributed by atoms with E-state index < -0.39 is 0 Å². The first-order chi connectivity index (χ1) is 11.1. The fraction of sp³-hybridized carbons (Fsp3) is 1.00. The topological polar surface area (TPSA) is 9.72 Å². The normalized spacial score (nSPS) is 28.7. The van der Waals surface area contributed by atoms with E-state index in [9.17, 15) is 0 Å². The fourth-order valence-electron chi connectivity index (χ4n) is 5.08. The SMILES string of the molecule is CCN1CCC(CN2CCC3(CC2)CCN(C(C)C)CC3)CC1. The third-order valence-corrected chi connectivity index (χ3v) is 7.18. The molecule has 134 valence electrons. The first-order valence-corrected chi connectivity index (χ1v) is 10.3. The zero-order valence-corrected chi connectivity index (χ0v) is 15.9. The van der Waals surface area contributed by atoms with Crippen LogP contribution in [-0.2, 0) is 0 Å². The van der Waals surface area contributed by atoms with Gasteiger partial charge in [0.05, 0.1) is 0 Å². The maximum Gasteiger partial charge on any atom is 0.00385 e. The quantitative estimate of drug-likeness (QED) is 0.786. The van der Waals surface area contributed by atoms with Crippen LogP contribution in [0.2, 0.25) is 0 Å². The van der Waals surface area contributed by atoms with Gasteiger partial charge in [-0.05, 0) is 110 Å². The summed E-state index contributed by atoms with van der Waals surface area (Å²) in [7, 11) is 0. The minimum atomic E-state index is 0.702. The Kier molecular flexibility index (Phi) is 6.03. The van der Waals surface area contributed by atoms with E-state index >= 15 is 0 Å². The molecule has 0 N–H and O–H groups in total. The van der Waals surface area contributed by atoms with Crippen molar-refractivity contribution in [2.45, 2.75) is 65.3 Å². The van der Waals surface area contributed by atoms with Crippen LogP contribution in [0.4, 0.5) is 0 Å². The average Bonchev–Trinajstić information content (AvgIpc) is 2.58. The minimum Gasteiger partial charge on any atom is -0.304 e. The molecule has 3 nitrogen and oxygen atoms in total. The number of hydrogen-bond donors (Lipinski definition) is 0. The molecule has 0 aromatic carbocycles. The van der Waals surface area contributed by atoms with Crippen molar-refractivity contribution < 1.29 is 0 Å². The number of hydrogen-bond acceptors (Lipinski definition) is 3. The summed E-state index contributed by atoms with van der Waals surface area (Å²) in [6.45, 7) is 17.7. The summed E-state index contributed by atoms with van der Waals surface area (Å²) in [6.07, 6.45) is 8.69. The molecule has 3 saturated heterocycles. The van der Waals surface area contributed by atoms with Crippen LogP contribution in [0.5, 0.6) is 0 Å². The van der Waals surface area contributed by atoms with Gasteiger partial charge in [0.15, 0.2) is 0 Å². The molecule has 0 bridgehead atoms. The molecule has 0 atom stereocenters. The van der Waals surface area contributed by atoms with E-state index in [1.54, 1.807) is 0 Å². The van der Waals surface area contributed by atoms with Crippen LogP contribution in [-0.4, -0.2) is 73.1 Å². The highest BCUT2D eigenvalue weighted by Gasteiger charge is 2.38. The predicted molar refractivity (Wildman–Crippen MR) is 98.9 cm³/mol. The van der Waals surface area contributed by atoms with Crippen molar-refractivity contribution in [1.82, 2.24) is 14.7 Å². The van der Waals surface area contributed by atoms with Crippen LogP contribution >= 0.6 is 0 Å². The van der Waals surface area contributed by atoms with E-state index in [-0.39, 0.29) is 0 Å². The van der Waals surface area contributed by atoms with Crippen molar-refractivity contribution in [2.24, 2.45) is 11.3 Å². The van der Waals surface area contributed by atoms with Crippen LogP contribution in [0.1, 0.15) is 59.3 Å². The molecule has 0 amide bonds. The van der Waals surface area contributed by atoms with Crippen molar-refractivity contribution in [3.8, 4) is 0 Å². The summed E-state index contributed by atoms with van der Waals surface area (Å²) >= 11 is 0. The summed E-state index contributed by atoms with van der Waals surface area (Å²) in [5.41, 5.74) is 0.702. The Balaban J connectivity index is 1.39. The van der Waals surface area contributed by atoms with Gasteiger partial charge in [-0.3, -0.25) is 0 Å². The monoisotopic (exact) mass is 321 g/mol. The van der Waals surface area contributed by atoms with Crippen molar-refractivity contribution in [3.63, 3.8) is 0 Å². The number of rotatable bonds is 4. The molecule has 3 rings (SSSR count). The maximum atomic E-state index is 2.80. The molecule has 0 aromatic rings. The van der Waals surface area contributed by atoms with Crippen molar-refractivity contribution >= 4 is 0 Å². The highest BCUT2D eigenvalue weighted by atomic mass is 15.2. The van der Waals surface area contributed by atoms with Crippen molar-refractivity contribution in [2.75, 3.05) is 52.4 Å². The number of piperidine rings is 3. The lowest BCUT2D eigenvalue weighted by molar-refractivity contribution is 0.0176. The molecular formula is C20H39N3. The molecule has 1 spiro atoms. The molecule has 3 aliphatic heterocycles. The Morgan fingerprint density at radius 2 is 1.39 bits per heavy atom. The van der Waals surface area contributed by atoms with Crippen LogP contribution in [0, 0.1) is 11.3 Å². The second kappa shape index (κ2) is 7.84. The Hall–Kier alpha value is -0.120. The van der Waals surface area contributed by atoms with Gasteiger partial charge < -0.3 is 14.7 Å². The van der Waals surface area contributed by atoms with E-state index in [0.29, 0.717) is 5.41 Å². The Morgan fingerprint density at radius 1 is 0.826 bits per heavy atom. The van der Waals surface area contributed by atoms with E-state index in [1.165, 1.54) is 90.9 Å². The summed E-state index contributed by atoms with van der Waals surface area (Å²) in [4.78, 5) is 8.09. The summed E-state index contributed by atoms with van der Waals surface area (Å²) in [5, 5.41) is 0. The highest BCUT2D eigenvalue weighted by molar-refractivity contribution is 4.91. The first-order valence-electron chi connectivity index (χ1n) is 10.3. The second-order valence-electron chi connectivity index (χ2n) is 8.81. The van der Waals surface area contributed by atoms with Gasteiger partial charge in [-0.1, -0.05) is 6.92 Å². The molecule has 3 fully saturated rings. The molecule has 0 aliphatic carbocycles. The van der Waals surface area contributed by atoms with Crippen LogP contribution < -0.4 is 0 Å². The maximum absolute atomic E-state index is 2.80. The molecule has 0 saturated carbocycles. The highest BCUT2D eigenvalue weighted by Crippen LogP contribution is 2.41. The third kappa shape index (κ3) is 4.49. The van der Waals surface area contributed by atoms with Gasteiger partial charge >= 0.3 is 0 Å². The van der Waals surface area contributed by atoms with Gasteiger partial charge in [0, 0.05) is 12.6 Å². The van der Waals surface area contributed by atoms with E-state index in [4.69, 9.17) is 0 Å². The zero-order valence-electron chi connectivity index (χ0n) is 15.9. The lowest BCUT2D eigenvalue weighted by atomic mass is 9.71. The Labute approximate surface area is 144 Å².